The van der Waals surface area contributed by atoms with Gasteiger partial charge in [-0.25, -0.2) is 4.79 Å². The van der Waals surface area contributed by atoms with Gasteiger partial charge in [0.25, 0.3) is 0 Å². The van der Waals surface area contributed by atoms with Crippen molar-refractivity contribution in [2.24, 2.45) is 0 Å². The van der Waals surface area contributed by atoms with Crippen molar-refractivity contribution in [3.8, 4) is 0 Å². The van der Waals surface area contributed by atoms with E-state index in [-0.39, 0.29) is 11.9 Å². The average molecular weight is 342 g/mol. The minimum absolute atomic E-state index is 0.111. The Bertz CT molecular complexity index is 868. The molecule has 1 aliphatic heterocycles. The summed E-state index contributed by atoms with van der Waals surface area (Å²) < 4.78 is 14.9. The van der Waals surface area contributed by atoms with Crippen molar-refractivity contribution in [1.82, 2.24) is 19.2 Å². The molecule has 0 unspecified atom stereocenters. The van der Waals surface area contributed by atoms with E-state index in [0.29, 0.717) is 12.1 Å². The molecule has 1 saturated heterocycles. The second-order valence-corrected chi connectivity index (χ2v) is 6.36. The number of hydrogen-bond acceptors (Lipinski definition) is 5. The molecule has 0 amide bonds. The molecule has 0 N–H and O–H groups in total. The zero-order chi connectivity index (χ0) is 17.1. The quantitative estimate of drug-likeness (QED) is 0.704. The molecule has 1 aromatic carbocycles. The maximum atomic E-state index is 12.1. The Morgan fingerprint density at radius 2 is 2.12 bits per heavy atom. The fourth-order valence-corrected chi connectivity index (χ4v) is 3.37. The maximum Gasteiger partial charge on any atom is 0.419 e. The van der Waals surface area contributed by atoms with Crippen LogP contribution in [0.25, 0.3) is 11.1 Å². The van der Waals surface area contributed by atoms with E-state index in [4.69, 9.17) is 9.15 Å². The third-order valence-electron chi connectivity index (χ3n) is 4.60. The molecule has 1 atom stereocenters. The average Bonchev–Trinajstić information content (AvgIpc) is 3.16. The highest BCUT2D eigenvalue weighted by Gasteiger charge is 2.20. The van der Waals surface area contributed by atoms with Gasteiger partial charge in [0.1, 0.15) is 0 Å². The smallest absolute Gasteiger partial charge is 0.408 e. The van der Waals surface area contributed by atoms with E-state index < -0.39 is 0 Å². The topological polar surface area (TPSA) is 65.4 Å². The van der Waals surface area contributed by atoms with Gasteiger partial charge < -0.3 is 9.15 Å². The number of oxazole rings is 1. The van der Waals surface area contributed by atoms with Crippen molar-refractivity contribution in [3.63, 3.8) is 0 Å². The Morgan fingerprint density at radius 3 is 3.00 bits per heavy atom. The molecule has 4 rings (SSSR count). The fraction of sp³-hybridized carbons (Fsp3) is 0.444. The summed E-state index contributed by atoms with van der Waals surface area (Å²) in [6, 6.07) is 9.47. The molecule has 132 valence electrons. The van der Waals surface area contributed by atoms with E-state index in [1.165, 1.54) is 0 Å². The first-order chi connectivity index (χ1) is 12.3. The lowest BCUT2D eigenvalue weighted by molar-refractivity contribution is 0.0396. The molecule has 0 radical (unpaired) electrons. The first kappa shape index (κ1) is 16.1. The molecule has 0 saturated carbocycles. The van der Waals surface area contributed by atoms with E-state index in [0.717, 1.165) is 44.7 Å². The van der Waals surface area contributed by atoms with Gasteiger partial charge in [-0.1, -0.05) is 12.1 Å². The Labute approximate surface area is 145 Å². The van der Waals surface area contributed by atoms with E-state index in [2.05, 4.69) is 10.00 Å². The van der Waals surface area contributed by atoms with Crippen LogP contribution < -0.4 is 5.76 Å². The SMILES string of the molecule is O=c1oc2ccccc2n1CCN1CCCO[C@H](Cn2cccn2)C1. The van der Waals surface area contributed by atoms with Crippen LogP contribution in [0.15, 0.2) is 51.9 Å². The minimum Gasteiger partial charge on any atom is -0.408 e. The van der Waals surface area contributed by atoms with Gasteiger partial charge >= 0.3 is 5.76 Å². The fourth-order valence-electron chi connectivity index (χ4n) is 3.37. The lowest BCUT2D eigenvalue weighted by atomic mass is 10.3. The van der Waals surface area contributed by atoms with E-state index in [1.807, 2.05) is 41.2 Å². The molecule has 3 aromatic rings. The maximum absolute atomic E-state index is 12.1. The first-order valence-corrected chi connectivity index (χ1v) is 8.69. The summed E-state index contributed by atoms with van der Waals surface area (Å²) in [5.74, 6) is -0.291. The summed E-state index contributed by atoms with van der Waals surface area (Å²) >= 11 is 0. The number of aromatic nitrogens is 3. The van der Waals surface area contributed by atoms with Crippen LogP contribution in [0.1, 0.15) is 6.42 Å². The van der Waals surface area contributed by atoms with Gasteiger partial charge in [-0.05, 0) is 24.6 Å². The summed E-state index contributed by atoms with van der Waals surface area (Å²) in [4.78, 5) is 14.5. The van der Waals surface area contributed by atoms with Gasteiger partial charge in [-0.15, -0.1) is 0 Å². The summed E-state index contributed by atoms with van der Waals surface area (Å²) in [5.41, 5.74) is 1.50. The molecule has 0 aliphatic carbocycles. The molecule has 7 heteroatoms. The van der Waals surface area contributed by atoms with E-state index in [1.54, 1.807) is 10.8 Å². The molecule has 0 spiro atoms. The lowest BCUT2D eigenvalue weighted by Crippen LogP contribution is -2.37. The number of ether oxygens (including phenoxy) is 1. The number of benzene rings is 1. The van der Waals surface area contributed by atoms with Gasteiger partial charge in [0.2, 0.25) is 0 Å². The third kappa shape index (κ3) is 3.67. The van der Waals surface area contributed by atoms with E-state index >= 15 is 0 Å². The summed E-state index contributed by atoms with van der Waals surface area (Å²) in [7, 11) is 0. The van der Waals surface area contributed by atoms with Crippen LogP contribution in [0, 0.1) is 0 Å². The van der Waals surface area contributed by atoms with Crippen molar-refractivity contribution in [2.75, 3.05) is 26.2 Å². The number of nitrogens with zero attached hydrogens (tertiary/aromatic N) is 4. The molecular weight excluding hydrogens is 320 g/mol. The second kappa shape index (κ2) is 7.25. The molecule has 2 aromatic heterocycles. The van der Waals surface area contributed by atoms with Gasteiger partial charge in [-0.3, -0.25) is 14.1 Å². The monoisotopic (exact) mass is 342 g/mol. The molecular formula is C18H22N4O3. The van der Waals surface area contributed by atoms with Crippen LogP contribution in [-0.2, 0) is 17.8 Å². The molecule has 25 heavy (non-hydrogen) atoms. The first-order valence-electron chi connectivity index (χ1n) is 8.69. The Balaban J connectivity index is 1.42. The normalized spacial score (nSPS) is 19.3. The van der Waals surface area contributed by atoms with Crippen LogP contribution >= 0.6 is 0 Å². The highest BCUT2D eigenvalue weighted by molar-refractivity contribution is 5.72. The van der Waals surface area contributed by atoms with Gasteiger partial charge in [0.05, 0.1) is 18.2 Å². The number of fused-ring (bicyclic) bond motifs is 1. The zero-order valence-electron chi connectivity index (χ0n) is 14.1. The largest absolute Gasteiger partial charge is 0.419 e. The summed E-state index contributed by atoms with van der Waals surface area (Å²) in [5, 5.41) is 4.26. The predicted molar refractivity (Wildman–Crippen MR) is 93.5 cm³/mol. The van der Waals surface area contributed by atoms with E-state index in [9.17, 15) is 4.79 Å². The number of rotatable bonds is 5. The van der Waals surface area contributed by atoms with Crippen LogP contribution in [0.4, 0.5) is 0 Å². The Kier molecular flexibility index (Phi) is 4.67. The van der Waals surface area contributed by atoms with Crippen molar-refractivity contribution in [3.05, 3.63) is 53.3 Å². The second-order valence-electron chi connectivity index (χ2n) is 6.36. The molecule has 1 fully saturated rings. The molecule has 0 bridgehead atoms. The third-order valence-corrected chi connectivity index (χ3v) is 4.60. The highest BCUT2D eigenvalue weighted by atomic mass is 16.5. The summed E-state index contributed by atoms with van der Waals surface area (Å²) in [6.07, 6.45) is 4.84. The number of para-hydroxylation sites is 2. The zero-order valence-corrected chi connectivity index (χ0v) is 14.1. The lowest BCUT2D eigenvalue weighted by Gasteiger charge is -2.23. The highest BCUT2D eigenvalue weighted by Crippen LogP contribution is 2.13. The van der Waals surface area contributed by atoms with Crippen molar-refractivity contribution >= 4 is 11.1 Å². The molecule has 1 aliphatic rings. The van der Waals surface area contributed by atoms with Crippen LogP contribution in [0.3, 0.4) is 0 Å². The van der Waals surface area contributed by atoms with Crippen LogP contribution in [0.2, 0.25) is 0 Å². The summed E-state index contributed by atoms with van der Waals surface area (Å²) in [6.45, 7) is 4.73. The van der Waals surface area contributed by atoms with Crippen LogP contribution in [-0.4, -0.2) is 51.6 Å². The predicted octanol–water partition coefficient (Wildman–Crippen LogP) is 1.58. The standard InChI is InChI=1S/C18H22N4O3/c23-18-22(16-5-1-2-6-17(16)25-18)11-10-20-8-4-12-24-15(13-20)14-21-9-3-7-19-21/h1-3,5-7,9,15H,4,8,10-14H2/t15-/m0/s1. The van der Waals surface area contributed by atoms with Gasteiger partial charge in [0, 0.05) is 45.2 Å². The molecule has 7 nitrogen and oxygen atoms in total. The number of hydrogen-bond donors (Lipinski definition) is 0. The van der Waals surface area contributed by atoms with Gasteiger partial charge in [-0.2, -0.15) is 5.10 Å². The van der Waals surface area contributed by atoms with Gasteiger partial charge in [0.15, 0.2) is 5.58 Å². The van der Waals surface area contributed by atoms with Crippen molar-refractivity contribution < 1.29 is 9.15 Å². The Hall–Kier alpha value is -2.38. The van der Waals surface area contributed by atoms with Crippen molar-refractivity contribution in [1.29, 1.82) is 0 Å². The van der Waals surface area contributed by atoms with Crippen molar-refractivity contribution in [2.45, 2.75) is 25.6 Å². The molecule has 3 heterocycles. The van der Waals surface area contributed by atoms with Crippen LogP contribution in [0.5, 0.6) is 0 Å². The Morgan fingerprint density at radius 1 is 1.20 bits per heavy atom. The minimum atomic E-state index is -0.291.